The van der Waals surface area contributed by atoms with Gasteiger partial charge in [0, 0.05) is 5.75 Å². The number of rotatable bonds is 5. The van der Waals surface area contributed by atoms with Crippen LogP contribution in [0.1, 0.15) is 5.56 Å². The van der Waals surface area contributed by atoms with E-state index in [9.17, 15) is 0 Å². The van der Waals surface area contributed by atoms with Crippen molar-refractivity contribution in [2.45, 2.75) is 10.9 Å². The van der Waals surface area contributed by atoms with Gasteiger partial charge in [-0.1, -0.05) is 71.4 Å². The van der Waals surface area contributed by atoms with Crippen LogP contribution in [0.15, 0.2) is 102 Å². The molecule has 130 valence electrons. The number of hydrogen-bond acceptors (Lipinski definition) is 2. The van der Waals surface area contributed by atoms with E-state index in [2.05, 4.69) is 53.1 Å². The fourth-order valence-electron chi connectivity index (χ4n) is 2.62. The highest BCUT2D eigenvalue weighted by Crippen LogP contribution is 2.20. The first kappa shape index (κ1) is 18.2. The second-order valence-electron chi connectivity index (χ2n) is 5.66. The van der Waals surface area contributed by atoms with Crippen molar-refractivity contribution in [2.24, 2.45) is 0 Å². The summed E-state index contributed by atoms with van der Waals surface area (Å²) in [6, 6.07) is 31.0. The van der Waals surface area contributed by atoms with Crippen LogP contribution in [-0.4, -0.2) is 9.78 Å². The van der Waals surface area contributed by atoms with Crippen molar-refractivity contribution in [3.05, 3.63) is 103 Å². The number of aromatic nitrogens is 3. The number of thioether (sulfide) groups is 1. The zero-order valence-electron chi connectivity index (χ0n) is 14.1. The van der Waals surface area contributed by atoms with Gasteiger partial charge in [-0.25, -0.2) is 0 Å². The molecule has 0 N–H and O–H groups in total. The summed E-state index contributed by atoms with van der Waals surface area (Å²) >= 11 is 1.74. The van der Waals surface area contributed by atoms with Crippen molar-refractivity contribution < 1.29 is 17.0 Å². The van der Waals surface area contributed by atoms with E-state index < -0.39 is 0 Å². The van der Waals surface area contributed by atoms with Crippen LogP contribution in [0.5, 0.6) is 0 Å². The third kappa shape index (κ3) is 4.15. The van der Waals surface area contributed by atoms with Gasteiger partial charge in [0.1, 0.15) is 11.4 Å². The Bertz CT molecular complexity index is 941. The summed E-state index contributed by atoms with van der Waals surface area (Å²) in [5, 5.41) is 5.79. The van der Waals surface area contributed by atoms with Gasteiger partial charge in [-0.05, 0) is 41.6 Å². The molecule has 0 fully saturated rings. The van der Waals surface area contributed by atoms with E-state index >= 15 is 0 Å². The summed E-state index contributed by atoms with van der Waals surface area (Å²) in [5.41, 5.74) is 3.46. The molecule has 0 unspecified atom stereocenters. The van der Waals surface area contributed by atoms with Crippen LogP contribution in [-0.2, 0) is 5.75 Å². The van der Waals surface area contributed by atoms with Crippen LogP contribution >= 0.6 is 11.8 Å². The molecule has 0 aliphatic heterocycles. The Balaban J connectivity index is 0.00000196. The summed E-state index contributed by atoms with van der Waals surface area (Å²) in [6.07, 6.45) is 2.04. The van der Waals surface area contributed by atoms with Crippen molar-refractivity contribution in [1.82, 2.24) is 9.78 Å². The number of benzene rings is 3. The van der Waals surface area contributed by atoms with E-state index in [1.165, 1.54) is 5.56 Å². The van der Waals surface area contributed by atoms with Gasteiger partial charge in [0.2, 0.25) is 6.33 Å². The third-order valence-corrected chi connectivity index (χ3v) is 4.90. The SMILES string of the molecule is [Cl-].c1ccc(CSc2nn(-c3ccccc3)c[n+]2-c2ccccc2)cc1. The van der Waals surface area contributed by atoms with Crippen molar-refractivity contribution in [2.75, 3.05) is 0 Å². The molecule has 1 aromatic heterocycles. The summed E-state index contributed by atoms with van der Waals surface area (Å²) < 4.78 is 4.07. The molecule has 3 aromatic carbocycles. The molecule has 1 heterocycles. The molecule has 0 aliphatic carbocycles. The highest BCUT2D eigenvalue weighted by molar-refractivity contribution is 7.98. The van der Waals surface area contributed by atoms with Gasteiger partial charge in [-0.15, -0.1) is 0 Å². The number of hydrogen-bond donors (Lipinski definition) is 0. The van der Waals surface area contributed by atoms with Gasteiger partial charge >= 0.3 is 5.16 Å². The predicted molar refractivity (Wildman–Crippen MR) is 101 cm³/mol. The molecular formula is C21H18ClN3S. The molecule has 0 amide bonds. The fraction of sp³-hybridized carbons (Fsp3) is 0.0476. The van der Waals surface area contributed by atoms with Crippen molar-refractivity contribution in [3.63, 3.8) is 0 Å². The van der Waals surface area contributed by atoms with Crippen LogP contribution in [0, 0.1) is 0 Å². The van der Waals surface area contributed by atoms with E-state index in [0.717, 1.165) is 22.3 Å². The zero-order chi connectivity index (χ0) is 16.9. The van der Waals surface area contributed by atoms with Gasteiger partial charge < -0.3 is 12.4 Å². The van der Waals surface area contributed by atoms with Gasteiger partial charge in [-0.2, -0.15) is 4.57 Å². The highest BCUT2D eigenvalue weighted by atomic mass is 35.5. The standard InChI is InChI=1S/C21H18N3S.ClH/c1-4-10-18(11-5-1)16-25-21-22-24(20-14-8-3-9-15-20)17-23(21)19-12-6-2-7-13-19;/h1-15,17H,16H2;1H/q+1;/p-1. The van der Waals surface area contributed by atoms with Gasteiger partial charge in [0.05, 0.1) is 5.10 Å². The lowest BCUT2D eigenvalue weighted by Gasteiger charge is -2.00. The fourth-order valence-corrected chi connectivity index (χ4v) is 3.54. The average Bonchev–Trinajstić information content (AvgIpc) is 3.13. The third-order valence-electron chi connectivity index (χ3n) is 3.89. The van der Waals surface area contributed by atoms with Crippen molar-refractivity contribution >= 4 is 11.8 Å². The Morgan fingerprint density at radius 3 is 2.00 bits per heavy atom. The summed E-state index contributed by atoms with van der Waals surface area (Å²) in [4.78, 5) is 0. The second-order valence-corrected chi connectivity index (χ2v) is 6.60. The van der Waals surface area contributed by atoms with Gasteiger partial charge in [0.15, 0.2) is 0 Å². The predicted octanol–water partition coefficient (Wildman–Crippen LogP) is 1.45. The first-order valence-electron chi connectivity index (χ1n) is 8.19. The van der Waals surface area contributed by atoms with E-state index in [-0.39, 0.29) is 12.4 Å². The molecule has 4 rings (SSSR count). The Morgan fingerprint density at radius 1 is 0.769 bits per heavy atom. The monoisotopic (exact) mass is 379 g/mol. The largest absolute Gasteiger partial charge is 1.00 e. The normalized spacial score (nSPS) is 10.3. The lowest BCUT2D eigenvalue weighted by atomic mass is 10.2. The molecule has 26 heavy (non-hydrogen) atoms. The Morgan fingerprint density at radius 2 is 1.35 bits per heavy atom. The molecule has 0 radical (unpaired) electrons. The Labute approximate surface area is 163 Å². The van der Waals surface area contributed by atoms with Gasteiger partial charge in [0.25, 0.3) is 0 Å². The molecule has 0 atom stereocenters. The number of halogens is 1. The first-order chi connectivity index (χ1) is 12.4. The topological polar surface area (TPSA) is 21.7 Å². The zero-order valence-corrected chi connectivity index (χ0v) is 15.6. The maximum atomic E-state index is 4.81. The van der Waals surface area contributed by atoms with Crippen LogP contribution in [0.2, 0.25) is 0 Å². The molecule has 5 heteroatoms. The maximum Gasteiger partial charge on any atom is 0.342 e. The summed E-state index contributed by atoms with van der Waals surface area (Å²) in [6.45, 7) is 0. The Hall–Kier alpha value is -2.56. The molecular weight excluding hydrogens is 362 g/mol. The molecule has 0 saturated heterocycles. The first-order valence-corrected chi connectivity index (χ1v) is 9.17. The quantitative estimate of drug-likeness (QED) is 0.386. The molecule has 3 nitrogen and oxygen atoms in total. The van der Waals surface area contributed by atoms with E-state index in [1.807, 2.05) is 53.5 Å². The minimum Gasteiger partial charge on any atom is -1.00 e. The maximum absolute atomic E-state index is 4.81. The van der Waals surface area contributed by atoms with Crippen LogP contribution in [0.4, 0.5) is 0 Å². The van der Waals surface area contributed by atoms with E-state index in [1.54, 1.807) is 11.8 Å². The lowest BCUT2D eigenvalue weighted by Crippen LogP contribution is -3.00. The second kappa shape index (κ2) is 8.70. The average molecular weight is 380 g/mol. The van der Waals surface area contributed by atoms with Crippen LogP contribution < -0.4 is 17.0 Å². The van der Waals surface area contributed by atoms with E-state index in [0.29, 0.717) is 0 Å². The summed E-state index contributed by atoms with van der Waals surface area (Å²) in [7, 11) is 0. The highest BCUT2D eigenvalue weighted by Gasteiger charge is 2.20. The molecule has 0 saturated carbocycles. The van der Waals surface area contributed by atoms with E-state index in [4.69, 9.17) is 5.10 Å². The summed E-state index contributed by atoms with van der Waals surface area (Å²) in [5.74, 6) is 0.888. The van der Waals surface area contributed by atoms with Crippen LogP contribution in [0.3, 0.4) is 0 Å². The number of nitrogens with zero attached hydrogens (tertiary/aromatic N) is 3. The molecule has 0 aliphatic rings. The van der Waals surface area contributed by atoms with Crippen molar-refractivity contribution in [3.8, 4) is 11.4 Å². The smallest absolute Gasteiger partial charge is 0.342 e. The lowest BCUT2D eigenvalue weighted by molar-refractivity contribution is -0.636. The van der Waals surface area contributed by atoms with Crippen LogP contribution in [0.25, 0.3) is 11.4 Å². The molecule has 4 aromatic rings. The van der Waals surface area contributed by atoms with Crippen molar-refractivity contribution in [1.29, 1.82) is 0 Å². The molecule has 0 bridgehead atoms. The minimum absolute atomic E-state index is 0. The number of para-hydroxylation sites is 2. The minimum atomic E-state index is 0. The van der Waals surface area contributed by atoms with Gasteiger partial charge in [-0.3, -0.25) is 0 Å². The molecule has 0 spiro atoms. The Kier molecular flexibility index (Phi) is 6.10.